The fourth-order valence-corrected chi connectivity index (χ4v) is 3.26. The van der Waals surface area contributed by atoms with E-state index in [1.165, 1.54) is 32.4 Å². The van der Waals surface area contributed by atoms with Crippen molar-refractivity contribution in [2.24, 2.45) is 0 Å². The summed E-state index contributed by atoms with van der Waals surface area (Å²) in [6.45, 7) is 9.66. The van der Waals surface area contributed by atoms with Gasteiger partial charge in [0.1, 0.15) is 5.69 Å². The van der Waals surface area contributed by atoms with Gasteiger partial charge in [0.25, 0.3) is 5.91 Å². The fourth-order valence-electron chi connectivity index (χ4n) is 3.26. The van der Waals surface area contributed by atoms with E-state index >= 15 is 0 Å². The number of carbonyl (C=O) groups is 2. The molecule has 1 amide bonds. The number of hydrogen-bond donors (Lipinski definition) is 2. The average Bonchev–Trinajstić information content (AvgIpc) is 2.87. The number of hydrogen-bond acceptors (Lipinski definition) is 4. The molecule has 0 aromatic carbocycles. The maximum absolute atomic E-state index is 12.4. The summed E-state index contributed by atoms with van der Waals surface area (Å²) in [6.07, 6.45) is 4.84. The molecule has 6 nitrogen and oxygen atoms in total. The Hall–Kier alpha value is -1.82. The van der Waals surface area contributed by atoms with E-state index in [4.69, 9.17) is 4.74 Å². The number of H-pyrrole nitrogens is 1. The molecule has 0 spiro atoms. The second-order valence-corrected chi connectivity index (χ2v) is 6.36. The first-order chi connectivity index (χ1) is 11.5. The van der Waals surface area contributed by atoms with Gasteiger partial charge < -0.3 is 19.9 Å². The maximum atomic E-state index is 12.4. The molecule has 1 aliphatic rings. The number of carbonyl (C=O) groups excluding carboxylic acids is 2. The van der Waals surface area contributed by atoms with Crippen molar-refractivity contribution >= 4 is 11.9 Å². The van der Waals surface area contributed by atoms with Crippen LogP contribution in [0.4, 0.5) is 0 Å². The number of aromatic amines is 1. The summed E-state index contributed by atoms with van der Waals surface area (Å²) < 4.78 is 5.05. The summed E-state index contributed by atoms with van der Waals surface area (Å²) in [5.41, 5.74) is 2.24. The first kappa shape index (κ1) is 18.5. The van der Waals surface area contributed by atoms with Crippen LogP contribution in [0.5, 0.6) is 0 Å². The van der Waals surface area contributed by atoms with Crippen LogP contribution < -0.4 is 5.32 Å². The van der Waals surface area contributed by atoms with Crippen molar-refractivity contribution in [2.75, 3.05) is 32.8 Å². The number of likely N-dealkylation sites (tertiary alicyclic amines) is 1. The third-order valence-corrected chi connectivity index (χ3v) is 4.53. The van der Waals surface area contributed by atoms with E-state index in [1.54, 1.807) is 20.8 Å². The summed E-state index contributed by atoms with van der Waals surface area (Å²) in [6, 6.07) is 0. The molecule has 0 radical (unpaired) electrons. The summed E-state index contributed by atoms with van der Waals surface area (Å²) >= 11 is 0. The van der Waals surface area contributed by atoms with Gasteiger partial charge in [0.15, 0.2) is 0 Å². The molecular formula is C18H29N3O3. The van der Waals surface area contributed by atoms with E-state index in [1.807, 2.05) is 0 Å². The molecule has 24 heavy (non-hydrogen) atoms. The highest BCUT2D eigenvalue weighted by Gasteiger charge is 2.22. The van der Waals surface area contributed by atoms with Crippen LogP contribution >= 0.6 is 0 Å². The number of nitrogens with zero attached hydrogens (tertiary/aromatic N) is 1. The first-order valence-electron chi connectivity index (χ1n) is 8.91. The molecule has 2 N–H and O–H groups in total. The number of rotatable bonds is 7. The Balaban J connectivity index is 1.85. The smallest absolute Gasteiger partial charge is 0.340 e. The maximum Gasteiger partial charge on any atom is 0.340 e. The van der Waals surface area contributed by atoms with E-state index in [-0.39, 0.29) is 11.9 Å². The Morgan fingerprint density at radius 2 is 1.92 bits per heavy atom. The van der Waals surface area contributed by atoms with Gasteiger partial charge in [0, 0.05) is 12.2 Å². The molecule has 0 aliphatic carbocycles. The van der Waals surface area contributed by atoms with Gasteiger partial charge in [-0.2, -0.15) is 0 Å². The minimum absolute atomic E-state index is 0.162. The van der Waals surface area contributed by atoms with Crippen LogP contribution in [-0.4, -0.2) is 54.5 Å². The highest BCUT2D eigenvalue weighted by Crippen LogP contribution is 2.19. The number of piperidine rings is 1. The molecule has 0 bridgehead atoms. The lowest BCUT2D eigenvalue weighted by Gasteiger charge is -2.26. The molecule has 1 aliphatic heterocycles. The van der Waals surface area contributed by atoms with E-state index in [9.17, 15) is 9.59 Å². The van der Waals surface area contributed by atoms with Crippen LogP contribution in [0.3, 0.4) is 0 Å². The lowest BCUT2D eigenvalue weighted by atomic mass is 10.1. The van der Waals surface area contributed by atoms with Crippen LogP contribution in [0.15, 0.2) is 0 Å². The lowest BCUT2D eigenvalue weighted by molar-refractivity contribution is 0.0525. The monoisotopic (exact) mass is 335 g/mol. The number of aromatic nitrogens is 1. The highest BCUT2D eigenvalue weighted by atomic mass is 16.5. The van der Waals surface area contributed by atoms with Gasteiger partial charge >= 0.3 is 5.97 Å². The van der Waals surface area contributed by atoms with Gasteiger partial charge in [0.2, 0.25) is 0 Å². The van der Waals surface area contributed by atoms with Gasteiger partial charge in [-0.15, -0.1) is 0 Å². The zero-order valence-electron chi connectivity index (χ0n) is 15.0. The molecule has 2 rings (SSSR count). The van der Waals surface area contributed by atoms with Gasteiger partial charge in [-0.1, -0.05) is 6.42 Å². The Morgan fingerprint density at radius 3 is 2.58 bits per heavy atom. The molecule has 134 valence electrons. The van der Waals surface area contributed by atoms with Crippen LogP contribution in [0.25, 0.3) is 0 Å². The molecule has 6 heteroatoms. The van der Waals surface area contributed by atoms with Crippen LogP contribution in [0.2, 0.25) is 0 Å². The average molecular weight is 335 g/mol. The van der Waals surface area contributed by atoms with Crippen LogP contribution in [0, 0.1) is 13.8 Å². The van der Waals surface area contributed by atoms with Crippen molar-refractivity contribution in [3.63, 3.8) is 0 Å². The third-order valence-electron chi connectivity index (χ3n) is 4.53. The number of amides is 1. The Labute approximate surface area is 143 Å². The minimum Gasteiger partial charge on any atom is -0.462 e. The van der Waals surface area contributed by atoms with Gasteiger partial charge in [-0.25, -0.2) is 4.79 Å². The molecule has 0 saturated carbocycles. The molecule has 1 saturated heterocycles. The normalized spacial score (nSPS) is 15.3. The number of ether oxygens (including phenoxy) is 1. The fraction of sp³-hybridized carbons (Fsp3) is 0.667. The van der Waals surface area contributed by atoms with Gasteiger partial charge in [-0.05, 0) is 65.2 Å². The van der Waals surface area contributed by atoms with Crippen molar-refractivity contribution in [3.8, 4) is 0 Å². The standard InChI is InChI=1S/C18H29N3O3/c1-4-24-18(23)15-13(2)16(20-14(15)3)17(22)19-9-8-12-21-10-6-5-7-11-21/h20H,4-12H2,1-3H3,(H,19,22). The molecule has 0 unspecified atom stereocenters. The molecule has 2 heterocycles. The van der Waals surface area contributed by atoms with Crippen molar-refractivity contribution in [3.05, 3.63) is 22.5 Å². The Bertz CT molecular complexity index is 574. The van der Waals surface area contributed by atoms with Crippen molar-refractivity contribution in [1.82, 2.24) is 15.2 Å². The SMILES string of the molecule is CCOC(=O)c1c(C)[nH]c(C(=O)NCCCN2CCCCC2)c1C. The molecule has 1 aromatic rings. The Kier molecular flexibility index (Phi) is 6.85. The zero-order valence-corrected chi connectivity index (χ0v) is 15.0. The van der Waals surface area contributed by atoms with Crippen molar-refractivity contribution in [2.45, 2.75) is 46.5 Å². The lowest BCUT2D eigenvalue weighted by Crippen LogP contribution is -2.33. The van der Waals surface area contributed by atoms with E-state index in [0.717, 1.165) is 13.0 Å². The summed E-state index contributed by atoms with van der Waals surface area (Å²) in [5, 5.41) is 2.94. The summed E-state index contributed by atoms with van der Waals surface area (Å²) in [7, 11) is 0. The highest BCUT2D eigenvalue weighted by molar-refractivity contribution is 6.00. The third kappa shape index (κ3) is 4.60. The van der Waals surface area contributed by atoms with Gasteiger partial charge in [0.05, 0.1) is 12.2 Å². The number of esters is 1. The van der Waals surface area contributed by atoms with Gasteiger partial charge in [-0.3, -0.25) is 4.79 Å². The molecule has 1 fully saturated rings. The second-order valence-electron chi connectivity index (χ2n) is 6.36. The largest absolute Gasteiger partial charge is 0.462 e. The Morgan fingerprint density at radius 1 is 1.21 bits per heavy atom. The second kappa shape index (κ2) is 8.87. The number of nitrogens with one attached hydrogen (secondary N) is 2. The van der Waals surface area contributed by atoms with E-state index in [2.05, 4.69) is 15.2 Å². The molecular weight excluding hydrogens is 306 g/mol. The number of aryl methyl sites for hydroxylation is 1. The van der Waals surface area contributed by atoms with Crippen molar-refractivity contribution < 1.29 is 14.3 Å². The van der Waals surface area contributed by atoms with Crippen LogP contribution in [0.1, 0.15) is 64.7 Å². The predicted octanol–water partition coefficient (Wildman–Crippen LogP) is 2.41. The molecule has 0 atom stereocenters. The van der Waals surface area contributed by atoms with E-state index in [0.29, 0.717) is 35.7 Å². The molecule has 1 aromatic heterocycles. The first-order valence-corrected chi connectivity index (χ1v) is 8.91. The zero-order chi connectivity index (χ0) is 17.5. The van der Waals surface area contributed by atoms with Crippen molar-refractivity contribution in [1.29, 1.82) is 0 Å². The minimum atomic E-state index is -0.382. The van der Waals surface area contributed by atoms with Crippen LogP contribution in [-0.2, 0) is 4.74 Å². The van der Waals surface area contributed by atoms with E-state index < -0.39 is 0 Å². The predicted molar refractivity (Wildman–Crippen MR) is 93.5 cm³/mol. The summed E-state index contributed by atoms with van der Waals surface area (Å²) in [5.74, 6) is -0.544. The summed E-state index contributed by atoms with van der Waals surface area (Å²) in [4.78, 5) is 29.8. The topological polar surface area (TPSA) is 74.4 Å². The quantitative estimate of drug-likeness (QED) is 0.593.